The van der Waals surface area contributed by atoms with Gasteiger partial charge in [0, 0.05) is 12.6 Å². The van der Waals surface area contributed by atoms with Crippen LogP contribution in [-0.4, -0.2) is 43.8 Å². The van der Waals surface area contributed by atoms with Crippen molar-refractivity contribution in [3.63, 3.8) is 0 Å². The fourth-order valence-corrected chi connectivity index (χ4v) is 5.44. The zero-order valence-electron chi connectivity index (χ0n) is 21.8. The Morgan fingerprint density at radius 2 is 1.59 bits per heavy atom. The van der Waals surface area contributed by atoms with E-state index in [2.05, 4.69) is 5.32 Å². The number of amides is 2. The Bertz CT molecular complexity index is 1410. The molecule has 0 aliphatic heterocycles. The molecule has 3 aromatic carbocycles. The third-order valence-electron chi connectivity index (χ3n) is 6.24. The number of carbonyl (C=O) groups excluding carboxylic acids is 2. The second kappa shape index (κ2) is 13.3. The molecule has 208 valence electrons. The van der Waals surface area contributed by atoms with Gasteiger partial charge in [-0.05, 0) is 68.3 Å². The maximum Gasteiger partial charge on any atom is 0.264 e. The van der Waals surface area contributed by atoms with Gasteiger partial charge in [-0.1, -0.05) is 60.5 Å². The molecule has 0 saturated carbocycles. The Balaban J connectivity index is 2.03. The molecule has 7 nitrogen and oxygen atoms in total. The van der Waals surface area contributed by atoms with Gasteiger partial charge in [-0.15, -0.1) is 0 Å². The SMILES string of the molecule is CC[C@@H](C)NC(=O)[C@@H](C)N(Cc1ccc(F)cc1)C(=O)CN(c1ccc(Cl)c(Cl)c1)S(=O)(=O)c1ccccc1. The largest absolute Gasteiger partial charge is 0.352 e. The van der Waals surface area contributed by atoms with Crippen LogP contribution in [0.1, 0.15) is 32.8 Å². The van der Waals surface area contributed by atoms with Crippen molar-refractivity contribution in [3.05, 3.63) is 94.2 Å². The summed E-state index contributed by atoms with van der Waals surface area (Å²) in [6, 6.07) is 16.4. The highest BCUT2D eigenvalue weighted by Crippen LogP contribution is 2.31. The predicted octanol–water partition coefficient (Wildman–Crippen LogP) is 5.66. The van der Waals surface area contributed by atoms with Crippen LogP contribution in [0.2, 0.25) is 10.0 Å². The molecule has 0 saturated heterocycles. The van der Waals surface area contributed by atoms with Crippen LogP contribution in [0.15, 0.2) is 77.7 Å². The molecule has 11 heteroatoms. The van der Waals surface area contributed by atoms with Gasteiger partial charge in [0.15, 0.2) is 0 Å². The van der Waals surface area contributed by atoms with Crippen molar-refractivity contribution in [2.45, 2.75) is 50.7 Å². The molecule has 0 unspecified atom stereocenters. The molecule has 3 rings (SSSR count). The Kier molecular flexibility index (Phi) is 10.4. The van der Waals surface area contributed by atoms with Crippen LogP contribution in [0, 0.1) is 5.82 Å². The van der Waals surface area contributed by atoms with Gasteiger partial charge in [-0.3, -0.25) is 13.9 Å². The number of carbonyl (C=O) groups is 2. The Morgan fingerprint density at radius 3 is 2.18 bits per heavy atom. The Hall–Kier alpha value is -3.14. The van der Waals surface area contributed by atoms with E-state index in [0.29, 0.717) is 12.0 Å². The minimum absolute atomic E-state index is 0.0310. The lowest BCUT2D eigenvalue weighted by Gasteiger charge is -2.32. The number of sulfonamides is 1. The van der Waals surface area contributed by atoms with E-state index >= 15 is 0 Å². The van der Waals surface area contributed by atoms with E-state index in [1.165, 1.54) is 59.5 Å². The van der Waals surface area contributed by atoms with Gasteiger partial charge in [0.25, 0.3) is 10.0 Å². The fraction of sp³-hybridized carbons (Fsp3) is 0.286. The summed E-state index contributed by atoms with van der Waals surface area (Å²) in [5.41, 5.74) is 0.694. The molecule has 0 aliphatic rings. The summed E-state index contributed by atoms with van der Waals surface area (Å²) in [6.07, 6.45) is 0.685. The number of halogens is 3. The van der Waals surface area contributed by atoms with Crippen LogP contribution in [-0.2, 0) is 26.2 Å². The first-order valence-electron chi connectivity index (χ1n) is 12.3. The lowest BCUT2D eigenvalue weighted by atomic mass is 10.1. The molecule has 2 amide bonds. The Labute approximate surface area is 238 Å². The van der Waals surface area contributed by atoms with E-state index in [4.69, 9.17) is 23.2 Å². The molecule has 0 bridgehead atoms. The van der Waals surface area contributed by atoms with Gasteiger partial charge >= 0.3 is 0 Å². The number of rotatable bonds is 11. The average Bonchev–Trinajstić information content (AvgIpc) is 2.92. The first-order chi connectivity index (χ1) is 18.4. The van der Waals surface area contributed by atoms with Crippen molar-refractivity contribution < 1.29 is 22.4 Å². The standard InChI is InChI=1S/C28H30Cl2FN3O4S/c1-4-19(2)32-28(36)20(3)33(17-21-10-12-22(31)13-11-21)27(35)18-34(23-14-15-25(29)26(30)16-23)39(37,38)24-8-6-5-7-9-24/h5-16,19-20H,4,17-18H2,1-3H3,(H,32,36)/t19-,20-/m1/s1. The van der Waals surface area contributed by atoms with E-state index in [1.807, 2.05) is 13.8 Å². The van der Waals surface area contributed by atoms with Gasteiger partial charge in [0.05, 0.1) is 20.6 Å². The van der Waals surface area contributed by atoms with Gasteiger partial charge in [0.2, 0.25) is 11.8 Å². The maximum atomic E-state index is 13.8. The van der Waals surface area contributed by atoms with Crippen molar-refractivity contribution in [1.29, 1.82) is 0 Å². The average molecular weight is 595 g/mol. The number of hydrogen-bond donors (Lipinski definition) is 1. The van der Waals surface area contributed by atoms with Gasteiger partial charge in [-0.2, -0.15) is 0 Å². The van der Waals surface area contributed by atoms with Gasteiger partial charge < -0.3 is 10.2 Å². The second-order valence-electron chi connectivity index (χ2n) is 9.07. The van der Waals surface area contributed by atoms with E-state index in [1.54, 1.807) is 25.1 Å². The summed E-state index contributed by atoms with van der Waals surface area (Å²) in [5, 5.41) is 3.19. The summed E-state index contributed by atoms with van der Waals surface area (Å²) in [6.45, 7) is 4.65. The van der Waals surface area contributed by atoms with Gasteiger partial charge in [0.1, 0.15) is 18.4 Å². The highest BCUT2D eigenvalue weighted by Gasteiger charge is 2.33. The summed E-state index contributed by atoms with van der Waals surface area (Å²) in [7, 11) is -4.23. The predicted molar refractivity (Wildman–Crippen MR) is 152 cm³/mol. The van der Waals surface area contributed by atoms with Gasteiger partial charge in [-0.25, -0.2) is 12.8 Å². The molecule has 0 spiro atoms. The smallest absolute Gasteiger partial charge is 0.264 e. The third kappa shape index (κ3) is 7.71. The van der Waals surface area contributed by atoms with Crippen molar-refractivity contribution in [3.8, 4) is 0 Å². The number of benzene rings is 3. The van der Waals surface area contributed by atoms with E-state index in [0.717, 1.165) is 4.31 Å². The molecule has 0 radical (unpaired) electrons. The lowest BCUT2D eigenvalue weighted by Crippen LogP contribution is -2.52. The molecule has 2 atom stereocenters. The van der Waals surface area contributed by atoms with Crippen LogP contribution in [0.25, 0.3) is 0 Å². The quantitative estimate of drug-likeness (QED) is 0.311. The van der Waals surface area contributed by atoms with Crippen LogP contribution < -0.4 is 9.62 Å². The molecule has 0 fully saturated rings. The zero-order chi connectivity index (χ0) is 28.7. The fourth-order valence-electron chi connectivity index (χ4n) is 3.72. The van der Waals surface area contributed by atoms with Crippen LogP contribution in [0.4, 0.5) is 10.1 Å². The number of nitrogens with one attached hydrogen (secondary N) is 1. The molecular formula is C28H30Cl2FN3O4S. The molecule has 1 N–H and O–H groups in total. The normalized spacial score (nSPS) is 12.9. The maximum absolute atomic E-state index is 13.8. The van der Waals surface area contributed by atoms with Crippen LogP contribution >= 0.6 is 23.2 Å². The monoisotopic (exact) mass is 593 g/mol. The summed E-state index contributed by atoms with van der Waals surface area (Å²) < 4.78 is 41.9. The van der Waals surface area contributed by atoms with Crippen molar-refractivity contribution >= 4 is 50.7 Å². The molecule has 3 aromatic rings. The van der Waals surface area contributed by atoms with Crippen LogP contribution in [0.5, 0.6) is 0 Å². The first-order valence-corrected chi connectivity index (χ1v) is 14.5. The number of nitrogens with zero attached hydrogens (tertiary/aromatic N) is 2. The van der Waals surface area contributed by atoms with E-state index < -0.39 is 40.2 Å². The van der Waals surface area contributed by atoms with Crippen molar-refractivity contribution in [2.24, 2.45) is 0 Å². The minimum atomic E-state index is -4.23. The lowest BCUT2D eigenvalue weighted by molar-refractivity contribution is -0.139. The number of hydrogen-bond acceptors (Lipinski definition) is 4. The van der Waals surface area contributed by atoms with Crippen LogP contribution in [0.3, 0.4) is 0 Å². The number of anilines is 1. The minimum Gasteiger partial charge on any atom is -0.352 e. The van der Waals surface area contributed by atoms with Crippen molar-refractivity contribution in [2.75, 3.05) is 10.8 Å². The second-order valence-corrected chi connectivity index (χ2v) is 11.7. The molecule has 0 aliphatic carbocycles. The topological polar surface area (TPSA) is 86.8 Å². The highest BCUT2D eigenvalue weighted by molar-refractivity contribution is 7.92. The molecule has 0 heterocycles. The summed E-state index contributed by atoms with van der Waals surface area (Å²) in [5.74, 6) is -1.48. The van der Waals surface area contributed by atoms with E-state index in [9.17, 15) is 22.4 Å². The zero-order valence-corrected chi connectivity index (χ0v) is 24.1. The van der Waals surface area contributed by atoms with Crippen molar-refractivity contribution in [1.82, 2.24) is 10.2 Å². The first kappa shape index (κ1) is 30.4. The third-order valence-corrected chi connectivity index (χ3v) is 8.76. The summed E-state index contributed by atoms with van der Waals surface area (Å²) >= 11 is 12.3. The van der Waals surface area contributed by atoms with E-state index in [-0.39, 0.29) is 33.2 Å². The molecular weight excluding hydrogens is 564 g/mol. The Morgan fingerprint density at radius 1 is 0.949 bits per heavy atom. The summed E-state index contributed by atoms with van der Waals surface area (Å²) in [4.78, 5) is 28.1. The molecule has 0 aromatic heterocycles. The molecule has 39 heavy (non-hydrogen) atoms. The highest BCUT2D eigenvalue weighted by atomic mass is 35.5.